The Bertz CT molecular complexity index is 725. The molecule has 1 aromatic carbocycles. The Balaban J connectivity index is 1.83. The van der Waals surface area contributed by atoms with Crippen LogP contribution in [0.5, 0.6) is 0 Å². The van der Waals surface area contributed by atoms with Crippen LogP contribution in [-0.4, -0.2) is 38.1 Å². The molecule has 1 heterocycles. The van der Waals surface area contributed by atoms with E-state index in [0.717, 1.165) is 52.2 Å². The van der Waals surface area contributed by atoms with Crippen LogP contribution in [0.3, 0.4) is 0 Å². The van der Waals surface area contributed by atoms with E-state index < -0.39 is 0 Å². The number of nitrogens with one attached hydrogen (secondary N) is 1. The summed E-state index contributed by atoms with van der Waals surface area (Å²) in [6.45, 7) is 1.83. The molecule has 1 saturated carbocycles. The predicted octanol–water partition coefficient (Wildman–Crippen LogP) is 3.51. The van der Waals surface area contributed by atoms with Crippen molar-refractivity contribution in [2.24, 2.45) is 5.92 Å². The first-order chi connectivity index (χ1) is 12.0. The summed E-state index contributed by atoms with van der Waals surface area (Å²) in [5.41, 5.74) is 0.975. The average Bonchev–Trinajstić information content (AvgIpc) is 3.01. The minimum atomic E-state index is 0.180. The second-order valence-corrected chi connectivity index (χ2v) is 9.17. The van der Waals surface area contributed by atoms with Gasteiger partial charge < -0.3 is 4.90 Å². The summed E-state index contributed by atoms with van der Waals surface area (Å²) in [7, 11) is 4.31. The Kier molecular flexibility index (Phi) is 6.47. The Labute approximate surface area is 162 Å². The normalized spacial score (nSPS) is 15.8. The Hall–Kier alpha value is -0.980. The number of thiazole rings is 1. The first-order valence-corrected chi connectivity index (χ1v) is 10.8. The lowest BCUT2D eigenvalue weighted by molar-refractivity contribution is -0.858. The number of hydrogen-bond donors (Lipinski definition) is 1. The van der Waals surface area contributed by atoms with Gasteiger partial charge in [-0.15, -0.1) is 0 Å². The largest absolute Gasteiger partial charge is 0.340 e. The fourth-order valence-corrected chi connectivity index (χ4v) is 5.01. The lowest BCUT2D eigenvalue weighted by Crippen LogP contribution is -3.05. The first-order valence-electron chi connectivity index (χ1n) is 9.21. The number of fused-ring (bicyclic) bond motifs is 1. The van der Waals surface area contributed by atoms with E-state index in [-0.39, 0.29) is 11.8 Å². The molecule has 2 aromatic rings. The Morgan fingerprint density at radius 2 is 2.08 bits per heavy atom. The zero-order valence-electron chi connectivity index (χ0n) is 15.1. The zero-order valence-corrected chi connectivity index (χ0v) is 17.5. The van der Waals surface area contributed by atoms with Crippen LogP contribution in [0.1, 0.15) is 38.5 Å². The highest BCUT2D eigenvalue weighted by Crippen LogP contribution is 2.33. The zero-order chi connectivity index (χ0) is 17.8. The summed E-state index contributed by atoms with van der Waals surface area (Å²) < 4.78 is 2.18. The van der Waals surface area contributed by atoms with Gasteiger partial charge in [0.05, 0.1) is 30.9 Å². The molecule has 1 aliphatic rings. The molecule has 3 rings (SSSR count). The number of carbonyl (C=O) groups excluding carboxylic acids is 1. The molecule has 0 aliphatic heterocycles. The second-order valence-electron chi connectivity index (χ2n) is 7.24. The second kappa shape index (κ2) is 8.60. The first kappa shape index (κ1) is 18.8. The highest BCUT2D eigenvalue weighted by Gasteiger charge is 2.28. The van der Waals surface area contributed by atoms with Crippen molar-refractivity contribution in [2.75, 3.05) is 32.1 Å². The SMILES string of the molecule is C[NH+](C)CCCN(C(=O)C1CCCCC1)c1nc2ccc(Br)cc2s1. The smallest absolute Gasteiger partial charge is 0.231 e. The lowest BCUT2D eigenvalue weighted by Gasteiger charge is -2.27. The molecular weight excluding hydrogens is 398 g/mol. The van der Waals surface area contributed by atoms with Gasteiger partial charge in [-0.1, -0.05) is 46.5 Å². The number of nitrogens with zero attached hydrogens (tertiary/aromatic N) is 2. The van der Waals surface area contributed by atoms with Crippen LogP contribution < -0.4 is 9.80 Å². The number of halogens is 1. The van der Waals surface area contributed by atoms with Crippen molar-refractivity contribution < 1.29 is 9.69 Å². The van der Waals surface area contributed by atoms with Crippen molar-refractivity contribution in [3.8, 4) is 0 Å². The van der Waals surface area contributed by atoms with E-state index in [1.165, 1.54) is 24.2 Å². The number of aromatic nitrogens is 1. The van der Waals surface area contributed by atoms with Crippen molar-refractivity contribution in [2.45, 2.75) is 38.5 Å². The molecule has 1 N–H and O–H groups in total. The quantitative estimate of drug-likeness (QED) is 0.769. The molecule has 1 aromatic heterocycles. The van der Waals surface area contributed by atoms with Crippen molar-refractivity contribution in [1.82, 2.24) is 4.98 Å². The van der Waals surface area contributed by atoms with Crippen LogP contribution in [0.4, 0.5) is 5.13 Å². The third-order valence-corrected chi connectivity index (χ3v) is 6.38. The van der Waals surface area contributed by atoms with Crippen molar-refractivity contribution >= 4 is 48.5 Å². The van der Waals surface area contributed by atoms with E-state index in [1.807, 2.05) is 17.0 Å². The molecule has 25 heavy (non-hydrogen) atoms. The van der Waals surface area contributed by atoms with E-state index in [4.69, 9.17) is 4.98 Å². The molecular formula is C19H27BrN3OS+. The minimum absolute atomic E-state index is 0.180. The molecule has 1 aliphatic carbocycles. The number of anilines is 1. The van der Waals surface area contributed by atoms with Gasteiger partial charge >= 0.3 is 0 Å². The molecule has 0 unspecified atom stereocenters. The maximum absolute atomic E-state index is 13.2. The molecule has 1 fully saturated rings. The van der Waals surface area contributed by atoms with Crippen LogP contribution in [0, 0.1) is 5.92 Å². The summed E-state index contributed by atoms with van der Waals surface area (Å²) >= 11 is 5.15. The summed E-state index contributed by atoms with van der Waals surface area (Å²) in [5, 5.41) is 0.859. The van der Waals surface area contributed by atoms with Crippen LogP contribution in [-0.2, 0) is 4.79 Å². The van der Waals surface area contributed by atoms with Crippen molar-refractivity contribution in [3.63, 3.8) is 0 Å². The van der Waals surface area contributed by atoms with Crippen LogP contribution in [0.25, 0.3) is 10.2 Å². The van der Waals surface area contributed by atoms with Gasteiger partial charge in [0.1, 0.15) is 0 Å². The number of quaternary nitrogens is 1. The third kappa shape index (κ3) is 4.80. The monoisotopic (exact) mass is 424 g/mol. The highest BCUT2D eigenvalue weighted by molar-refractivity contribution is 9.10. The van der Waals surface area contributed by atoms with E-state index in [0.29, 0.717) is 0 Å². The van der Waals surface area contributed by atoms with Crippen molar-refractivity contribution in [3.05, 3.63) is 22.7 Å². The van der Waals surface area contributed by atoms with E-state index in [2.05, 4.69) is 36.1 Å². The molecule has 6 heteroatoms. The fraction of sp³-hybridized carbons (Fsp3) is 0.579. The maximum atomic E-state index is 13.2. The molecule has 0 atom stereocenters. The molecule has 1 amide bonds. The number of benzene rings is 1. The van der Waals surface area contributed by atoms with Gasteiger partial charge in [0, 0.05) is 23.4 Å². The molecule has 0 bridgehead atoms. The van der Waals surface area contributed by atoms with Gasteiger partial charge in [0.15, 0.2) is 5.13 Å². The van der Waals surface area contributed by atoms with E-state index >= 15 is 0 Å². The van der Waals surface area contributed by atoms with Crippen LogP contribution in [0.2, 0.25) is 0 Å². The summed E-state index contributed by atoms with van der Waals surface area (Å²) in [6.07, 6.45) is 6.69. The third-order valence-electron chi connectivity index (χ3n) is 4.85. The van der Waals surface area contributed by atoms with Crippen LogP contribution >= 0.6 is 27.3 Å². The summed E-state index contributed by atoms with van der Waals surface area (Å²) in [6, 6.07) is 6.12. The topological polar surface area (TPSA) is 37.6 Å². The number of carbonyl (C=O) groups is 1. The van der Waals surface area contributed by atoms with Crippen LogP contribution in [0.15, 0.2) is 22.7 Å². The maximum Gasteiger partial charge on any atom is 0.231 e. The number of hydrogen-bond acceptors (Lipinski definition) is 3. The molecule has 0 saturated heterocycles. The summed E-state index contributed by atoms with van der Waals surface area (Å²) in [5.74, 6) is 0.464. The van der Waals surface area contributed by atoms with Crippen molar-refractivity contribution in [1.29, 1.82) is 0 Å². The Morgan fingerprint density at radius 3 is 2.80 bits per heavy atom. The lowest BCUT2D eigenvalue weighted by atomic mass is 9.88. The van der Waals surface area contributed by atoms with Gasteiger partial charge in [-0.3, -0.25) is 9.69 Å². The average molecular weight is 425 g/mol. The van der Waals surface area contributed by atoms with E-state index in [9.17, 15) is 4.79 Å². The molecule has 0 radical (unpaired) electrons. The molecule has 0 spiro atoms. The van der Waals surface area contributed by atoms with Gasteiger partial charge in [0.25, 0.3) is 0 Å². The van der Waals surface area contributed by atoms with E-state index in [1.54, 1.807) is 11.3 Å². The molecule has 4 nitrogen and oxygen atoms in total. The predicted molar refractivity (Wildman–Crippen MR) is 109 cm³/mol. The van der Waals surface area contributed by atoms with Gasteiger partial charge in [0.2, 0.25) is 5.91 Å². The van der Waals surface area contributed by atoms with Gasteiger partial charge in [-0.2, -0.15) is 0 Å². The van der Waals surface area contributed by atoms with Gasteiger partial charge in [-0.25, -0.2) is 4.98 Å². The fourth-order valence-electron chi connectivity index (χ4n) is 3.46. The minimum Gasteiger partial charge on any atom is -0.340 e. The number of rotatable bonds is 6. The number of amides is 1. The standard InChI is InChI=1S/C19H26BrN3OS/c1-22(2)11-6-12-23(18(24)14-7-4-3-5-8-14)19-21-16-10-9-15(20)13-17(16)25-19/h9-10,13-14H,3-8,11-12H2,1-2H3/p+1. The summed E-state index contributed by atoms with van der Waals surface area (Å²) in [4.78, 5) is 21.3. The highest BCUT2D eigenvalue weighted by atomic mass is 79.9. The molecule has 136 valence electrons. The Morgan fingerprint density at radius 1 is 1.32 bits per heavy atom. The van der Waals surface area contributed by atoms with Gasteiger partial charge in [-0.05, 0) is 31.0 Å².